The van der Waals surface area contributed by atoms with Gasteiger partial charge >= 0.3 is 12.6 Å². The molecule has 4 rings (SSSR count). The second kappa shape index (κ2) is 9.97. The van der Waals surface area contributed by atoms with Crippen molar-refractivity contribution in [1.29, 1.82) is 0 Å². The summed E-state index contributed by atoms with van der Waals surface area (Å²) in [5.74, 6) is -1.62. The van der Waals surface area contributed by atoms with E-state index in [9.17, 15) is 23.5 Å². The molecule has 1 N–H and O–H groups in total. The molecular formula is C23H22F2N2O6. The lowest BCUT2D eigenvalue weighted by molar-refractivity contribution is -0.0498. The molecule has 10 heteroatoms. The van der Waals surface area contributed by atoms with Crippen LogP contribution in [-0.4, -0.2) is 60.0 Å². The SMILES string of the molecule is O=C(Oc1ccc(OC(F)F)cc1)c1c(O)c2ccccc2n(CCN2CCOCC2)c1=O. The number of morpholine rings is 1. The molecule has 3 aromatic rings. The van der Waals surface area contributed by atoms with E-state index in [2.05, 4.69) is 9.64 Å². The van der Waals surface area contributed by atoms with Crippen molar-refractivity contribution in [2.75, 3.05) is 32.8 Å². The van der Waals surface area contributed by atoms with Crippen LogP contribution in [0.25, 0.3) is 10.9 Å². The van der Waals surface area contributed by atoms with Crippen LogP contribution in [0.4, 0.5) is 8.78 Å². The maximum atomic E-state index is 13.2. The highest BCUT2D eigenvalue weighted by Gasteiger charge is 2.24. The van der Waals surface area contributed by atoms with Gasteiger partial charge in [0.1, 0.15) is 17.2 Å². The van der Waals surface area contributed by atoms with E-state index in [0.29, 0.717) is 37.2 Å². The molecule has 0 amide bonds. The lowest BCUT2D eigenvalue weighted by Crippen LogP contribution is -2.40. The van der Waals surface area contributed by atoms with Gasteiger partial charge in [-0.2, -0.15) is 8.78 Å². The number of esters is 1. The first kappa shape index (κ1) is 22.7. The lowest BCUT2D eigenvalue weighted by Gasteiger charge is -2.27. The first-order valence-electron chi connectivity index (χ1n) is 10.4. The predicted octanol–water partition coefficient (Wildman–Crippen LogP) is 2.86. The Morgan fingerprint density at radius 3 is 2.39 bits per heavy atom. The van der Waals surface area contributed by atoms with Crippen LogP contribution in [0.1, 0.15) is 10.4 Å². The number of halogens is 2. The third kappa shape index (κ3) is 5.12. The number of hydrogen-bond donors (Lipinski definition) is 1. The van der Waals surface area contributed by atoms with Gasteiger partial charge in [-0.25, -0.2) is 4.79 Å². The minimum atomic E-state index is -2.98. The van der Waals surface area contributed by atoms with Gasteiger partial charge in [-0.3, -0.25) is 9.69 Å². The van der Waals surface area contributed by atoms with E-state index >= 15 is 0 Å². The normalized spacial score (nSPS) is 14.5. The summed E-state index contributed by atoms with van der Waals surface area (Å²) in [6.07, 6.45) is 0. The third-order valence-corrected chi connectivity index (χ3v) is 5.35. The van der Waals surface area contributed by atoms with E-state index < -0.39 is 29.5 Å². The van der Waals surface area contributed by atoms with Gasteiger partial charge in [0.15, 0.2) is 5.56 Å². The van der Waals surface area contributed by atoms with Crippen molar-refractivity contribution >= 4 is 16.9 Å². The molecule has 0 aliphatic carbocycles. The van der Waals surface area contributed by atoms with Gasteiger partial charge in [0.05, 0.1) is 18.7 Å². The van der Waals surface area contributed by atoms with Crippen molar-refractivity contribution in [2.45, 2.75) is 13.2 Å². The molecule has 8 nitrogen and oxygen atoms in total. The van der Waals surface area contributed by atoms with Crippen LogP contribution in [0.5, 0.6) is 17.2 Å². The van der Waals surface area contributed by atoms with Gasteiger partial charge < -0.3 is 23.9 Å². The number of carbonyl (C=O) groups excluding carboxylic acids is 1. The van der Waals surface area contributed by atoms with Crippen molar-refractivity contribution in [1.82, 2.24) is 9.47 Å². The first-order valence-corrected chi connectivity index (χ1v) is 10.4. The Balaban J connectivity index is 1.63. The molecule has 2 heterocycles. The number of fused-ring (bicyclic) bond motifs is 1. The summed E-state index contributed by atoms with van der Waals surface area (Å²) in [6.45, 7) is 0.602. The predicted molar refractivity (Wildman–Crippen MR) is 115 cm³/mol. The number of hydrogen-bond acceptors (Lipinski definition) is 7. The highest BCUT2D eigenvalue weighted by Crippen LogP contribution is 2.28. The van der Waals surface area contributed by atoms with Crippen molar-refractivity contribution < 1.29 is 32.9 Å². The molecule has 2 aromatic carbocycles. The van der Waals surface area contributed by atoms with E-state index in [0.717, 1.165) is 13.1 Å². The van der Waals surface area contributed by atoms with Crippen LogP contribution in [-0.2, 0) is 11.3 Å². The topological polar surface area (TPSA) is 90.2 Å². The maximum Gasteiger partial charge on any atom is 0.387 e. The molecule has 0 saturated carbocycles. The maximum absolute atomic E-state index is 13.2. The number of para-hydroxylation sites is 1. The average Bonchev–Trinajstić information content (AvgIpc) is 2.81. The fraction of sp³-hybridized carbons (Fsp3) is 0.304. The van der Waals surface area contributed by atoms with Crippen LogP contribution in [0, 0.1) is 0 Å². The fourth-order valence-electron chi connectivity index (χ4n) is 3.71. The number of pyridine rings is 1. The molecule has 1 aliphatic rings. The number of ether oxygens (including phenoxy) is 3. The largest absolute Gasteiger partial charge is 0.506 e. The minimum Gasteiger partial charge on any atom is -0.506 e. The second-order valence-corrected chi connectivity index (χ2v) is 7.39. The van der Waals surface area contributed by atoms with Crippen LogP contribution >= 0.6 is 0 Å². The fourth-order valence-corrected chi connectivity index (χ4v) is 3.71. The molecule has 0 radical (unpaired) electrons. The molecule has 174 valence electrons. The molecule has 0 unspecified atom stereocenters. The highest BCUT2D eigenvalue weighted by molar-refractivity contribution is 6.00. The van der Waals surface area contributed by atoms with Crippen molar-refractivity contribution in [2.24, 2.45) is 0 Å². The molecule has 0 spiro atoms. The molecule has 0 atom stereocenters. The van der Waals surface area contributed by atoms with Crippen LogP contribution in [0.15, 0.2) is 53.3 Å². The molecule has 0 bridgehead atoms. The zero-order valence-electron chi connectivity index (χ0n) is 17.6. The summed E-state index contributed by atoms with van der Waals surface area (Å²) in [5.41, 5.74) is -0.677. The minimum absolute atomic E-state index is 0.00782. The highest BCUT2D eigenvalue weighted by atomic mass is 19.3. The Morgan fingerprint density at radius 1 is 1.03 bits per heavy atom. The third-order valence-electron chi connectivity index (χ3n) is 5.35. The molecule has 1 aliphatic heterocycles. The quantitative estimate of drug-likeness (QED) is 0.428. The van der Waals surface area contributed by atoms with Crippen molar-refractivity contribution in [3.8, 4) is 17.2 Å². The lowest BCUT2D eigenvalue weighted by atomic mass is 10.1. The van der Waals surface area contributed by atoms with Crippen LogP contribution in [0.2, 0.25) is 0 Å². The summed E-state index contributed by atoms with van der Waals surface area (Å²) < 4.78 is 40.9. The number of benzene rings is 2. The number of alkyl halides is 2. The number of aromatic hydroxyl groups is 1. The Hall–Kier alpha value is -3.50. The van der Waals surface area contributed by atoms with Gasteiger partial charge in [0, 0.05) is 31.6 Å². The summed E-state index contributed by atoms with van der Waals surface area (Å²) >= 11 is 0. The van der Waals surface area contributed by atoms with E-state index in [1.54, 1.807) is 24.3 Å². The number of nitrogens with zero attached hydrogens (tertiary/aromatic N) is 2. The smallest absolute Gasteiger partial charge is 0.387 e. The van der Waals surface area contributed by atoms with Gasteiger partial charge in [0.2, 0.25) is 0 Å². The molecule has 1 fully saturated rings. The van der Waals surface area contributed by atoms with Crippen LogP contribution in [0.3, 0.4) is 0 Å². The van der Waals surface area contributed by atoms with Crippen molar-refractivity contribution in [3.05, 3.63) is 64.4 Å². The zero-order chi connectivity index (χ0) is 23.4. The Morgan fingerprint density at radius 2 is 1.70 bits per heavy atom. The number of rotatable bonds is 7. The molecular weight excluding hydrogens is 438 g/mol. The Kier molecular flexibility index (Phi) is 6.85. The van der Waals surface area contributed by atoms with Gasteiger partial charge in [-0.05, 0) is 36.4 Å². The monoisotopic (exact) mass is 460 g/mol. The first-order chi connectivity index (χ1) is 15.9. The molecule has 33 heavy (non-hydrogen) atoms. The Bertz CT molecular complexity index is 1190. The summed E-state index contributed by atoms with van der Waals surface area (Å²) in [4.78, 5) is 28.2. The van der Waals surface area contributed by atoms with E-state index in [1.165, 1.54) is 28.8 Å². The van der Waals surface area contributed by atoms with Crippen LogP contribution < -0.4 is 15.0 Å². The van der Waals surface area contributed by atoms with Gasteiger partial charge in [0.25, 0.3) is 5.56 Å². The summed E-state index contributed by atoms with van der Waals surface area (Å²) in [6, 6.07) is 11.7. The Labute approximate surface area is 187 Å². The summed E-state index contributed by atoms with van der Waals surface area (Å²) in [7, 11) is 0. The zero-order valence-corrected chi connectivity index (χ0v) is 17.6. The molecule has 1 saturated heterocycles. The second-order valence-electron chi connectivity index (χ2n) is 7.39. The standard InChI is InChI=1S/C23H22F2N2O6/c24-23(25)33-16-7-5-15(6-8-16)32-22(30)19-20(28)17-3-1-2-4-18(17)27(21(19)29)10-9-26-11-13-31-14-12-26/h1-8,23,28H,9-14H2. The van der Waals surface area contributed by atoms with Crippen molar-refractivity contribution in [3.63, 3.8) is 0 Å². The van der Waals surface area contributed by atoms with Gasteiger partial charge in [-0.1, -0.05) is 12.1 Å². The average molecular weight is 460 g/mol. The van der Waals surface area contributed by atoms with E-state index in [4.69, 9.17) is 9.47 Å². The summed E-state index contributed by atoms with van der Waals surface area (Å²) in [5, 5.41) is 11.1. The number of carbonyl (C=O) groups is 1. The van der Waals surface area contributed by atoms with E-state index in [-0.39, 0.29) is 11.5 Å². The molecule has 1 aromatic heterocycles. The number of aromatic nitrogens is 1. The van der Waals surface area contributed by atoms with E-state index in [1.807, 2.05) is 0 Å². The van der Waals surface area contributed by atoms with Gasteiger partial charge in [-0.15, -0.1) is 0 Å².